The third-order valence-corrected chi connectivity index (χ3v) is 3.29. The third-order valence-electron chi connectivity index (χ3n) is 3.29. The van der Waals surface area contributed by atoms with Crippen LogP contribution >= 0.6 is 0 Å². The van der Waals surface area contributed by atoms with E-state index in [1.807, 2.05) is 45.0 Å². The lowest BCUT2D eigenvalue weighted by Gasteiger charge is -2.20. The Balaban J connectivity index is 2.17. The Labute approximate surface area is 119 Å². The molecule has 4 heteroatoms. The molecule has 0 aliphatic heterocycles. The number of hydrogen-bond acceptors (Lipinski definition) is 3. The summed E-state index contributed by atoms with van der Waals surface area (Å²) >= 11 is 0. The Morgan fingerprint density at radius 1 is 1.25 bits per heavy atom. The maximum Gasteiger partial charge on any atom is 0.257 e. The maximum absolute atomic E-state index is 12.5. The number of anilines is 1. The first kappa shape index (κ1) is 14.2. The molecule has 20 heavy (non-hydrogen) atoms. The van der Waals surface area contributed by atoms with Crippen LogP contribution in [0.5, 0.6) is 0 Å². The number of furan rings is 1. The largest absolute Gasteiger partial charge is 0.466 e. The van der Waals surface area contributed by atoms with E-state index in [9.17, 15) is 4.79 Å². The molecule has 1 aromatic carbocycles. The summed E-state index contributed by atoms with van der Waals surface area (Å²) in [5.41, 5.74) is 8.10. The second-order valence-electron chi connectivity index (χ2n) is 4.89. The van der Waals surface area contributed by atoms with Crippen LogP contribution in [0.1, 0.15) is 34.4 Å². The summed E-state index contributed by atoms with van der Waals surface area (Å²) in [4.78, 5) is 14.3. The molecule has 0 fully saturated rings. The van der Waals surface area contributed by atoms with Gasteiger partial charge in [-0.15, -0.1) is 0 Å². The minimum absolute atomic E-state index is 0.00123. The van der Waals surface area contributed by atoms with Crippen molar-refractivity contribution < 1.29 is 9.21 Å². The normalized spacial score (nSPS) is 10.6. The van der Waals surface area contributed by atoms with E-state index in [1.54, 1.807) is 11.0 Å². The van der Waals surface area contributed by atoms with Gasteiger partial charge in [-0.2, -0.15) is 0 Å². The zero-order valence-corrected chi connectivity index (χ0v) is 12.1. The summed E-state index contributed by atoms with van der Waals surface area (Å²) in [6, 6.07) is 9.38. The van der Waals surface area contributed by atoms with Gasteiger partial charge in [0.15, 0.2) is 0 Å². The van der Waals surface area contributed by atoms with Crippen molar-refractivity contribution in [2.45, 2.75) is 27.3 Å². The van der Waals surface area contributed by atoms with Gasteiger partial charge in [0.05, 0.1) is 5.56 Å². The third kappa shape index (κ3) is 3.02. The van der Waals surface area contributed by atoms with Crippen LogP contribution in [0, 0.1) is 13.8 Å². The Kier molecular flexibility index (Phi) is 4.13. The van der Waals surface area contributed by atoms with Gasteiger partial charge in [-0.1, -0.05) is 12.1 Å². The minimum atomic E-state index is -0.00123. The van der Waals surface area contributed by atoms with Crippen molar-refractivity contribution in [2.75, 3.05) is 12.3 Å². The highest BCUT2D eigenvalue weighted by Crippen LogP contribution is 2.17. The topological polar surface area (TPSA) is 59.5 Å². The van der Waals surface area contributed by atoms with E-state index in [1.165, 1.54) is 0 Å². The summed E-state index contributed by atoms with van der Waals surface area (Å²) in [5, 5.41) is 0. The molecular weight excluding hydrogens is 252 g/mol. The lowest BCUT2D eigenvalue weighted by Crippen LogP contribution is -2.30. The van der Waals surface area contributed by atoms with Gasteiger partial charge in [-0.3, -0.25) is 4.79 Å². The number of rotatable bonds is 4. The van der Waals surface area contributed by atoms with Crippen LogP contribution in [0.3, 0.4) is 0 Å². The van der Waals surface area contributed by atoms with Gasteiger partial charge >= 0.3 is 0 Å². The lowest BCUT2D eigenvalue weighted by atomic mass is 10.1. The van der Waals surface area contributed by atoms with Crippen LogP contribution in [-0.4, -0.2) is 17.4 Å². The number of nitrogens with zero attached hydrogens (tertiary/aromatic N) is 1. The fourth-order valence-corrected chi connectivity index (χ4v) is 2.18. The minimum Gasteiger partial charge on any atom is -0.466 e. The molecule has 2 N–H and O–H groups in total. The Hall–Kier alpha value is -2.23. The molecular formula is C16H20N2O2. The second kappa shape index (κ2) is 5.82. The number of carbonyl (C=O) groups excluding carboxylic acids is 1. The van der Waals surface area contributed by atoms with Crippen LogP contribution in [0.15, 0.2) is 34.7 Å². The number of benzene rings is 1. The van der Waals surface area contributed by atoms with E-state index >= 15 is 0 Å². The molecule has 0 unspecified atom stereocenters. The summed E-state index contributed by atoms with van der Waals surface area (Å²) in [6.07, 6.45) is 0. The summed E-state index contributed by atoms with van der Waals surface area (Å²) in [5.74, 6) is 1.43. The van der Waals surface area contributed by atoms with Gasteiger partial charge in [0.25, 0.3) is 5.91 Å². The van der Waals surface area contributed by atoms with E-state index in [0.717, 1.165) is 17.0 Å². The van der Waals surface area contributed by atoms with Crippen molar-refractivity contribution in [1.82, 2.24) is 4.90 Å². The quantitative estimate of drug-likeness (QED) is 0.870. The Morgan fingerprint density at radius 3 is 2.40 bits per heavy atom. The van der Waals surface area contributed by atoms with E-state index in [4.69, 9.17) is 10.2 Å². The molecule has 1 heterocycles. The van der Waals surface area contributed by atoms with Gasteiger partial charge in [-0.25, -0.2) is 0 Å². The summed E-state index contributed by atoms with van der Waals surface area (Å²) in [7, 11) is 0. The summed E-state index contributed by atoms with van der Waals surface area (Å²) < 4.78 is 5.43. The predicted octanol–water partition coefficient (Wildman–Crippen LogP) is 3.14. The van der Waals surface area contributed by atoms with Crippen molar-refractivity contribution >= 4 is 11.6 Å². The van der Waals surface area contributed by atoms with Gasteiger partial charge in [-0.05, 0) is 44.5 Å². The van der Waals surface area contributed by atoms with E-state index < -0.39 is 0 Å². The van der Waals surface area contributed by atoms with Gasteiger partial charge in [0.2, 0.25) is 0 Å². The molecule has 0 spiro atoms. The SMILES string of the molecule is CCN(Cc1ccc(N)cc1)C(=O)c1cc(C)oc1C. The monoisotopic (exact) mass is 272 g/mol. The molecule has 2 rings (SSSR count). The second-order valence-corrected chi connectivity index (χ2v) is 4.89. The number of aryl methyl sites for hydroxylation is 2. The molecule has 1 aromatic heterocycles. The lowest BCUT2D eigenvalue weighted by molar-refractivity contribution is 0.0751. The molecule has 0 bridgehead atoms. The molecule has 0 saturated carbocycles. The van der Waals surface area contributed by atoms with Crippen LogP contribution in [-0.2, 0) is 6.54 Å². The Bertz CT molecular complexity index is 599. The average Bonchev–Trinajstić information content (AvgIpc) is 2.76. The highest BCUT2D eigenvalue weighted by Gasteiger charge is 2.19. The zero-order chi connectivity index (χ0) is 14.7. The van der Waals surface area contributed by atoms with Gasteiger partial charge in [0, 0.05) is 18.8 Å². The zero-order valence-electron chi connectivity index (χ0n) is 12.1. The molecule has 1 amide bonds. The van der Waals surface area contributed by atoms with Gasteiger partial charge in [0.1, 0.15) is 11.5 Å². The van der Waals surface area contributed by atoms with Crippen molar-refractivity contribution in [3.8, 4) is 0 Å². The number of carbonyl (C=O) groups is 1. The van der Waals surface area contributed by atoms with Gasteiger partial charge < -0.3 is 15.1 Å². The van der Waals surface area contributed by atoms with Crippen LogP contribution < -0.4 is 5.73 Å². The van der Waals surface area contributed by atoms with Crippen molar-refractivity contribution in [3.05, 3.63) is 53.0 Å². The fraction of sp³-hybridized carbons (Fsp3) is 0.312. The number of nitrogens with two attached hydrogens (primary N) is 1. The van der Waals surface area contributed by atoms with Crippen molar-refractivity contribution in [1.29, 1.82) is 0 Å². The highest BCUT2D eigenvalue weighted by molar-refractivity contribution is 5.95. The Morgan fingerprint density at radius 2 is 1.90 bits per heavy atom. The van der Waals surface area contributed by atoms with Crippen LogP contribution in [0.25, 0.3) is 0 Å². The van der Waals surface area contributed by atoms with Crippen molar-refractivity contribution in [2.24, 2.45) is 0 Å². The standard InChI is InChI=1S/C16H20N2O2/c1-4-18(10-13-5-7-14(17)8-6-13)16(19)15-9-11(2)20-12(15)3/h5-9H,4,10,17H2,1-3H3. The van der Waals surface area contributed by atoms with E-state index in [0.29, 0.717) is 24.4 Å². The summed E-state index contributed by atoms with van der Waals surface area (Å²) in [6.45, 7) is 6.85. The number of amides is 1. The molecule has 106 valence electrons. The number of hydrogen-bond donors (Lipinski definition) is 1. The first-order valence-corrected chi connectivity index (χ1v) is 6.72. The van der Waals surface area contributed by atoms with E-state index in [2.05, 4.69) is 0 Å². The first-order chi connectivity index (χ1) is 9.51. The first-order valence-electron chi connectivity index (χ1n) is 6.72. The number of nitrogen functional groups attached to an aromatic ring is 1. The van der Waals surface area contributed by atoms with Crippen molar-refractivity contribution in [3.63, 3.8) is 0 Å². The predicted molar refractivity (Wildman–Crippen MR) is 79.5 cm³/mol. The van der Waals surface area contributed by atoms with Crippen LogP contribution in [0.2, 0.25) is 0 Å². The van der Waals surface area contributed by atoms with E-state index in [-0.39, 0.29) is 5.91 Å². The molecule has 0 aliphatic carbocycles. The van der Waals surface area contributed by atoms with Crippen LogP contribution in [0.4, 0.5) is 5.69 Å². The molecule has 4 nitrogen and oxygen atoms in total. The fourth-order valence-electron chi connectivity index (χ4n) is 2.18. The smallest absolute Gasteiger partial charge is 0.257 e. The average molecular weight is 272 g/mol. The molecule has 2 aromatic rings. The highest BCUT2D eigenvalue weighted by atomic mass is 16.3. The molecule has 0 radical (unpaired) electrons. The molecule has 0 aliphatic rings. The maximum atomic E-state index is 12.5. The molecule has 0 saturated heterocycles. The molecule has 0 atom stereocenters.